The van der Waals surface area contributed by atoms with Gasteiger partial charge >= 0.3 is 6.18 Å². The SMILES string of the molecule is COc1cccc(-c2cc3n(n2)[C@H](NCc2ccccc2C(F)(F)F)CNC3=O)c1. The average Bonchev–Trinajstić information content (AvgIpc) is 3.19. The van der Waals surface area contributed by atoms with Crippen molar-refractivity contribution in [2.24, 2.45) is 0 Å². The second-order valence-electron chi connectivity index (χ2n) is 6.85. The number of rotatable bonds is 5. The van der Waals surface area contributed by atoms with E-state index in [1.54, 1.807) is 31.4 Å². The molecular formula is C21H19F3N4O2. The summed E-state index contributed by atoms with van der Waals surface area (Å²) in [5, 5.41) is 10.4. The van der Waals surface area contributed by atoms with Gasteiger partial charge in [-0.3, -0.25) is 10.1 Å². The number of aromatic nitrogens is 2. The minimum absolute atomic E-state index is 0.0238. The maximum Gasteiger partial charge on any atom is 0.416 e. The van der Waals surface area contributed by atoms with Gasteiger partial charge in [0, 0.05) is 12.1 Å². The summed E-state index contributed by atoms with van der Waals surface area (Å²) in [5.41, 5.74) is 1.12. The van der Waals surface area contributed by atoms with Crippen molar-refractivity contribution in [3.8, 4) is 17.0 Å². The number of benzene rings is 2. The first-order valence-electron chi connectivity index (χ1n) is 9.27. The Morgan fingerprint density at radius 3 is 2.77 bits per heavy atom. The fraction of sp³-hybridized carbons (Fsp3) is 0.238. The van der Waals surface area contributed by atoms with Crippen LogP contribution in [0.15, 0.2) is 54.6 Å². The lowest BCUT2D eigenvalue weighted by Crippen LogP contribution is -2.45. The van der Waals surface area contributed by atoms with E-state index in [0.29, 0.717) is 17.1 Å². The summed E-state index contributed by atoms with van der Waals surface area (Å²) in [6, 6.07) is 14.3. The summed E-state index contributed by atoms with van der Waals surface area (Å²) in [4.78, 5) is 12.3. The Kier molecular flexibility index (Phi) is 5.21. The van der Waals surface area contributed by atoms with Crippen LogP contribution in [0.5, 0.6) is 5.75 Å². The van der Waals surface area contributed by atoms with E-state index in [2.05, 4.69) is 15.7 Å². The molecule has 4 rings (SSSR count). The monoisotopic (exact) mass is 416 g/mol. The molecule has 0 bridgehead atoms. The summed E-state index contributed by atoms with van der Waals surface area (Å²) in [7, 11) is 1.56. The van der Waals surface area contributed by atoms with Gasteiger partial charge in [-0.1, -0.05) is 30.3 Å². The van der Waals surface area contributed by atoms with Crippen molar-refractivity contribution in [1.29, 1.82) is 0 Å². The number of nitrogens with zero attached hydrogens (tertiary/aromatic N) is 2. The number of hydrogen-bond donors (Lipinski definition) is 2. The molecule has 1 aliphatic heterocycles. The van der Waals surface area contributed by atoms with E-state index in [1.807, 2.05) is 12.1 Å². The Morgan fingerprint density at radius 2 is 2.00 bits per heavy atom. The molecule has 0 saturated heterocycles. The van der Waals surface area contributed by atoms with Gasteiger partial charge in [-0.05, 0) is 29.8 Å². The predicted molar refractivity (Wildman–Crippen MR) is 104 cm³/mol. The van der Waals surface area contributed by atoms with Crippen LogP contribution in [0.3, 0.4) is 0 Å². The molecule has 2 N–H and O–H groups in total. The van der Waals surface area contributed by atoms with Crippen molar-refractivity contribution in [3.63, 3.8) is 0 Å². The van der Waals surface area contributed by atoms with Crippen LogP contribution in [-0.4, -0.2) is 29.3 Å². The summed E-state index contributed by atoms with van der Waals surface area (Å²) in [6.45, 7) is 0.184. The number of nitrogens with one attached hydrogen (secondary N) is 2. The topological polar surface area (TPSA) is 68.2 Å². The lowest BCUT2D eigenvalue weighted by molar-refractivity contribution is -0.138. The molecule has 0 spiro atoms. The van der Waals surface area contributed by atoms with E-state index in [-0.39, 0.29) is 24.6 Å². The number of hydrogen-bond acceptors (Lipinski definition) is 4. The average molecular weight is 416 g/mol. The van der Waals surface area contributed by atoms with Gasteiger partial charge in [0.1, 0.15) is 17.6 Å². The van der Waals surface area contributed by atoms with Gasteiger partial charge in [-0.15, -0.1) is 0 Å². The molecule has 2 heterocycles. The molecule has 1 aliphatic rings. The minimum atomic E-state index is -4.44. The van der Waals surface area contributed by atoms with Crippen LogP contribution in [0.1, 0.15) is 27.8 Å². The number of amides is 1. The van der Waals surface area contributed by atoms with Crippen molar-refractivity contribution >= 4 is 5.91 Å². The molecule has 30 heavy (non-hydrogen) atoms. The maximum absolute atomic E-state index is 13.2. The molecular weight excluding hydrogens is 397 g/mol. The van der Waals surface area contributed by atoms with E-state index >= 15 is 0 Å². The Balaban J connectivity index is 1.60. The number of halogens is 3. The molecule has 0 fully saturated rings. The molecule has 1 atom stereocenters. The Morgan fingerprint density at radius 1 is 1.20 bits per heavy atom. The predicted octanol–water partition coefficient (Wildman–Crippen LogP) is 3.61. The highest BCUT2D eigenvalue weighted by atomic mass is 19.4. The van der Waals surface area contributed by atoms with Crippen LogP contribution in [0.25, 0.3) is 11.3 Å². The number of alkyl halides is 3. The molecule has 0 aliphatic carbocycles. The highest BCUT2D eigenvalue weighted by Gasteiger charge is 2.33. The minimum Gasteiger partial charge on any atom is -0.497 e. The van der Waals surface area contributed by atoms with Crippen molar-refractivity contribution in [2.75, 3.05) is 13.7 Å². The molecule has 3 aromatic rings. The van der Waals surface area contributed by atoms with Gasteiger partial charge in [-0.25, -0.2) is 4.68 Å². The van der Waals surface area contributed by atoms with E-state index in [0.717, 1.165) is 11.6 Å². The van der Waals surface area contributed by atoms with E-state index in [9.17, 15) is 18.0 Å². The molecule has 2 aromatic carbocycles. The molecule has 0 saturated carbocycles. The quantitative estimate of drug-likeness (QED) is 0.667. The second kappa shape index (κ2) is 7.83. The van der Waals surface area contributed by atoms with E-state index in [1.165, 1.54) is 16.8 Å². The zero-order valence-corrected chi connectivity index (χ0v) is 16.0. The Hall–Kier alpha value is -3.33. The van der Waals surface area contributed by atoms with Gasteiger partial charge in [0.2, 0.25) is 0 Å². The van der Waals surface area contributed by atoms with Crippen molar-refractivity contribution in [2.45, 2.75) is 18.9 Å². The van der Waals surface area contributed by atoms with Crippen LogP contribution in [0, 0.1) is 0 Å². The molecule has 9 heteroatoms. The molecule has 156 valence electrons. The van der Waals surface area contributed by atoms with Gasteiger partial charge in [-0.2, -0.15) is 18.3 Å². The lowest BCUT2D eigenvalue weighted by Gasteiger charge is -2.26. The third-order valence-corrected chi connectivity index (χ3v) is 4.94. The van der Waals surface area contributed by atoms with Crippen LogP contribution in [-0.2, 0) is 12.7 Å². The largest absolute Gasteiger partial charge is 0.497 e. The summed E-state index contributed by atoms with van der Waals surface area (Å²) < 4.78 is 46.5. The first-order chi connectivity index (χ1) is 14.4. The number of fused-ring (bicyclic) bond motifs is 1. The van der Waals surface area contributed by atoms with Gasteiger partial charge < -0.3 is 10.1 Å². The maximum atomic E-state index is 13.2. The highest BCUT2D eigenvalue weighted by molar-refractivity contribution is 5.94. The Labute approximate surface area is 170 Å². The van der Waals surface area contributed by atoms with Gasteiger partial charge in [0.25, 0.3) is 5.91 Å². The zero-order valence-electron chi connectivity index (χ0n) is 16.0. The van der Waals surface area contributed by atoms with Gasteiger partial charge in [0.15, 0.2) is 0 Å². The summed E-state index contributed by atoms with van der Waals surface area (Å²) in [6.07, 6.45) is -4.92. The second-order valence-corrected chi connectivity index (χ2v) is 6.85. The van der Waals surface area contributed by atoms with E-state index in [4.69, 9.17) is 4.74 Å². The molecule has 1 aromatic heterocycles. The molecule has 1 amide bonds. The molecule has 0 radical (unpaired) electrons. The summed E-state index contributed by atoms with van der Waals surface area (Å²) in [5.74, 6) is 0.367. The number of carbonyl (C=O) groups is 1. The lowest BCUT2D eigenvalue weighted by atomic mass is 10.1. The Bertz CT molecular complexity index is 1080. The normalized spacial score (nSPS) is 16.1. The number of ether oxygens (including phenoxy) is 1. The van der Waals surface area contributed by atoms with Crippen LogP contribution >= 0.6 is 0 Å². The standard InChI is InChI=1S/C21H19F3N4O2/c1-30-15-7-4-6-13(9-15)17-10-18-20(29)26-12-19(28(18)27-17)25-11-14-5-2-3-8-16(14)21(22,23)24/h2-10,19,25H,11-12H2,1H3,(H,26,29)/t19-/m0/s1. The summed E-state index contributed by atoms with van der Waals surface area (Å²) >= 11 is 0. The third kappa shape index (κ3) is 3.88. The smallest absolute Gasteiger partial charge is 0.416 e. The third-order valence-electron chi connectivity index (χ3n) is 4.94. The van der Waals surface area contributed by atoms with Crippen molar-refractivity contribution in [3.05, 3.63) is 71.4 Å². The van der Waals surface area contributed by atoms with E-state index < -0.39 is 17.9 Å². The fourth-order valence-electron chi connectivity index (χ4n) is 3.43. The number of carbonyl (C=O) groups excluding carboxylic acids is 1. The van der Waals surface area contributed by atoms with Crippen molar-refractivity contribution in [1.82, 2.24) is 20.4 Å². The fourth-order valence-corrected chi connectivity index (χ4v) is 3.43. The zero-order chi connectivity index (χ0) is 21.3. The first kappa shape index (κ1) is 20.0. The highest BCUT2D eigenvalue weighted by Crippen LogP contribution is 2.32. The molecule has 0 unspecified atom stereocenters. The molecule has 6 nitrogen and oxygen atoms in total. The van der Waals surface area contributed by atoms with Gasteiger partial charge in [0.05, 0.1) is 24.9 Å². The van der Waals surface area contributed by atoms with Crippen molar-refractivity contribution < 1.29 is 22.7 Å². The van der Waals surface area contributed by atoms with Crippen LogP contribution in [0.2, 0.25) is 0 Å². The number of methoxy groups -OCH3 is 1. The first-order valence-corrected chi connectivity index (χ1v) is 9.27. The van der Waals surface area contributed by atoms with Crippen LogP contribution < -0.4 is 15.4 Å². The van der Waals surface area contributed by atoms with Crippen LogP contribution in [0.4, 0.5) is 13.2 Å².